The standard InChI is InChI=1S/C58H110O6/c1-4-7-10-13-15-17-19-21-23-25-27-28-29-30-31-33-34-36-38-40-42-45-48-51-57(60)63-54-55(53-62-56(59)50-47-44-12-9-6-3)64-58(61)52-49-46-43-41-39-37-35-32-26-24-22-20-18-16-14-11-8-5-2/h24,26,55H,4-23,25,27-54H2,1-3H3/b26-24-. The van der Waals surface area contributed by atoms with Crippen LogP contribution in [0.5, 0.6) is 0 Å². The molecule has 0 heterocycles. The van der Waals surface area contributed by atoms with Crippen molar-refractivity contribution >= 4 is 17.9 Å². The van der Waals surface area contributed by atoms with E-state index >= 15 is 0 Å². The fourth-order valence-electron chi connectivity index (χ4n) is 8.68. The zero-order chi connectivity index (χ0) is 46.5. The van der Waals surface area contributed by atoms with Crippen LogP contribution in [0.1, 0.15) is 323 Å². The summed E-state index contributed by atoms with van der Waals surface area (Å²) in [6, 6.07) is 0. The molecule has 0 spiro atoms. The van der Waals surface area contributed by atoms with Gasteiger partial charge in [-0.3, -0.25) is 14.4 Å². The maximum atomic E-state index is 12.8. The third-order valence-electron chi connectivity index (χ3n) is 13.0. The molecule has 0 saturated carbocycles. The summed E-state index contributed by atoms with van der Waals surface area (Å²) in [5.74, 6) is -0.866. The van der Waals surface area contributed by atoms with E-state index in [0.29, 0.717) is 19.3 Å². The van der Waals surface area contributed by atoms with Crippen molar-refractivity contribution in [2.75, 3.05) is 13.2 Å². The molecule has 0 aliphatic rings. The zero-order valence-electron chi connectivity index (χ0n) is 43.3. The largest absolute Gasteiger partial charge is 0.462 e. The van der Waals surface area contributed by atoms with Gasteiger partial charge in [-0.15, -0.1) is 0 Å². The van der Waals surface area contributed by atoms with Gasteiger partial charge in [0.25, 0.3) is 0 Å². The molecule has 6 nitrogen and oxygen atoms in total. The Bertz CT molecular complexity index is 993. The Morgan fingerprint density at radius 1 is 0.297 bits per heavy atom. The molecule has 0 bridgehead atoms. The Morgan fingerprint density at radius 3 is 0.781 bits per heavy atom. The van der Waals surface area contributed by atoms with E-state index in [0.717, 1.165) is 64.2 Å². The van der Waals surface area contributed by atoms with Gasteiger partial charge in [-0.2, -0.15) is 0 Å². The van der Waals surface area contributed by atoms with E-state index in [1.807, 2.05) is 0 Å². The summed E-state index contributed by atoms with van der Waals surface area (Å²) >= 11 is 0. The Morgan fingerprint density at radius 2 is 0.516 bits per heavy atom. The minimum Gasteiger partial charge on any atom is -0.462 e. The molecule has 0 saturated heterocycles. The minimum atomic E-state index is -0.764. The summed E-state index contributed by atoms with van der Waals surface area (Å²) < 4.78 is 16.7. The maximum Gasteiger partial charge on any atom is 0.306 e. The lowest BCUT2D eigenvalue weighted by Crippen LogP contribution is -2.30. The lowest BCUT2D eigenvalue weighted by molar-refractivity contribution is -0.167. The highest BCUT2D eigenvalue weighted by Gasteiger charge is 2.19. The molecule has 0 amide bonds. The number of carbonyl (C=O) groups excluding carboxylic acids is 3. The van der Waals surface area contributed by atoms with Crippen LogP contribution in [0, 0.1) is 0 Å². The first-order valence-corrected chi connectivity index (χ1v) is 28.7. The molecule has 0 rings (SSSR count). The third-order valence-corrected chi connectivity index (χ3v) is 13.0. The van der Waals surface area contributed by atoms with E-state index in [-0.39, 0.29) is 31.1 Å². The Kier molecular flexibility index (Phi) is 52.2. The predicted octanol–water partition coefficient (Wildman–Crippen LogP) is 18.9. The fourth-order valence-corrected chi connectivity index (χ4v) is 8.68. The smallest absolute Gasteiger partial charge is 0.306 e. The molecule has 1 atom stereocenters. The van der Waals surface area contributed by atoms with Gasteiger partial charge in [0.1, 0.15) is 13.2 Å². The molecule has 378 valence electrons. The number of hydrogen-bond donors (Lipinski definition) is 0. The van der Waals surface area contributed by atoms with Gasteiger partial charge in [-0.05, 0) is 44.9 Å². The summed E-state index contributed by atoms with van der Waals surface area (Å²) in [5, 5.41) is 0. The van der Waals surface area contributed by atoms with Crippen molar-refractivity contribution in [2.24, 2.45) is 0 Å². The first kappa shape index (κ1) is 62.1. The van der Waals surface area contributed by atoms with Gasteiger partial charge >= 0.3 is 17.9 Å². The quantitative estimate of drug-likeness (QED) is 0.0262. The van der Waals surface area contributed by atoms with Crippen molar-refractivity contribution in [1.82, 2.24) is 0 Å². The first-order valence-electron chi connectivity index (χ1n) is 28.7. The van der Waals surface area contributed by atoms with Crippen LogP contribution >= 0.6 is 0 Å². The molecular weight excluding hydrogens is 793 g/mol. The van der Waals surface area contributed by atoms with E-state index < -0.39 is 6.10 Å². The average molecular weight is 904 g/mol. The Hall–Kier alpha value is -1.85. The van der Waals surface area contributed by atoms with Crippen LogP contribution < -0.4 is 0 Å². The van der Waals surface area contributed by atoms with Crippen molar-refractivity contribution < 1.29 is 28.6 Å². The topological polar surface area (TPSA) is 78.9 Å². The molecule has 0 aromatic carbocycles. The maximum absolute atomic E-state index is 12.8. The number of rotatable bonds is 53. The monoisotopic (exact) mass is 903 g/mol. The molecule has 6 heteroatoms. The van der Waals surface area contributed by atoms with E-state index in [1.165, 1.54) is 218 Å². The van der Waals surface area contributed by atoms with Crippen molar-refractivity contribution in [3.63, 3.8) is 0 Å². The highest BCUT2D eigenvalue weighted by atomic mass is 16.6. The SMILES string of the molecule is CCCCCCCCC/C=C\CCCCCCCCCC(=O)OC(COC(=O)CCCCCCC)COC(=O)CCCCCCCCCCCCCCCCCCCCCCCCC. The number of carbonyl (C=O) groups is 3. The molecule has 0 aromatic rings. The van der Waals surface area contributed by atoms with Crippen LogP contribution in [0.15, 0.2) is 12.2 Å². The van der Waals surface area contributed by atoms with Gasteiger partial charge in [-0.1, -0.05) is 270 Å². The van der Waals surface area contributed by atoms with E-state index in [4.69, 9.17) is 14.2 Å². The molecule has 0 aliphatic carbocycles. The Labute approximate surface area is 399 Å². The summed E-state index contributed by atoms with van der Waals surface area (Å²) in [6.45, 7) is 6.60. The minimum absolute atomic E-state index is 0.0674. The van der Waals surface area contributed by atoms with E-state index in [9.17, 15) is 14.4 Å². The first-order chi connectivity index (χ1) is 31.5. The van der Waals surface area contributed by atoms with Crippen LogP contribution in [-0.2, 0) is 28.6 Å². The molecule has 1 unspecified atom stereocenters. The Balaban J connectivity index is 4.03. The normalized spacial score (nSPS) is 12.0. The number of esters is 3. The van der Waals surface area contributed by atoms with Gasteiger partial charge in [-0.25, -0.2) is 0 Å². The number of hydrogen-bond acceptors (Lipinski definition) is 6. The molecular formula is C58H110O6. The zero-order valence-corrected chi connectivity index (χ0v) is 43.3. The highest BCUT2D eigenvalue weighted by Crippen LogP contribution is 2.17. The second-order valence-corrected chi connectivity index (χ2v) is 19.6. The molecule has 0 fully saturated rings. The van der Waals surface area contributed by atoms with E-state index in [2.05, 4.69) is 32.9 Å². The van der Waals surface area contributed by atoms with Crippen LogP contribution in [0.2, 0.25) is 0 Å². The van der Waals surface area contributed by atoms with Gasteiger partial charge < -0.3 is 14.2 Å². The van der Waals surface area contributed by atoms with Crippen LogP contribution in [0.3, 0.4) is 0 Å². The third kappa shape index (κ3) is 51.1. The fraction of sp³-hybridized carbons (Fsp3) is 0.914. The van der Waals surface area contributed by atoms with Gasteiger partial charge in [0.2, 0.25) is 0 Å². The molecule has 0 N–H and O–H groups in total. The second-order valence-electron chi connectivity index (χ2n) is 19.6. The van der Waals surface area contributed by atoms with Crippen molar-refractivity contribution in [3.8, 4) is 0 Å². The number of ether oxygens (including phenoxy) is 3. The average Bonchev–Trinajstić information content (AvgIpc) is 3.29. The van der Waals surface area contributed by atoms with Crippen LogP contribution in [-0.4, -0.2) is 37.2 Å². The summed E-state index contributed by atoms with van der Waals surface area (Å²) in [6.07, 6.45) is 61.1. The van der Waals surface area contributed by atoms with Gasteiger partial charge in [0, 0.05) is 19.3 Å². The molecule has 0 aromatic heterocycles. The van der Waals surface area contributed by atoms with Crippen molar-refractivity contribution in [3.05, 3.63) is 12.2 Å². The van der Waals surface area contributed by atoms with E-state index in [1.54, 1.807) is 0 Å². The summed E-state index contributed by atoms with van der Waals surface area (Å²) in [7, 11) is 0. The second kappa shape index (κ2) is 53.8. The lowest BCUT2D eigenvalue weighted by Gasteiger charge is -2.18. The summed E-state index contributed by atoms with van der Waals surface area (Å²) in [4.78, 5) is 37.8. The van der Waals surface area contributed by atoms with Crippen molar-refractivity contribution in [1.29, 1.82) is 0 Å². The molecule has 64 heavy (non-hydrogen) atoms. The molecule has 0 aliphatic heterocycles. The molecule has 0 radical (unpaired) electrons. The predicted molar refractivity (Wildman–Crippen MR) is 275 cm³/mol. The summed E-state index contributed by atoms with van der Waals surface area (Å²) in [5.41, 5.74) is 0. The van der Waals surface area contributed by atoms with Crippen LogP contribution in [0.4, 0.5) is 0 Å². The van der Waals surface area contributed by atoms with Crippen molar-refractivity contribution in [2.45, 2.75) is 329 Å². The lowest BCUT2D eigenvalue weighted by atomic mass is 10.0. The number of unbranched alkanes of at least 4 members (excludes halogenated alkanes) is 40. The van der Waals surface area contributed by atoms with Crippen LogP contribution in [0.25, 0.3) is 0 Å². The highest BCUT2D eigenvalue weighted by molar-refractivity contribution is 5.71. The van der Waals surface area contributed by atoms with Gasteiger partial charge in [0.15, 0.2) is 6.10 Å². The number of allylic oxidation sites excluding steroid dienone is 2. The van der Waals surface area contributed by atoms with Gasteiger partial charge in [0.05, 0.1) is 0 Å².